The van der Waals surface area contributed by atoms with Crippen molar-refractivity contribution in [3.63, 3.8) is 0 Å². The van der Waals surface area contributed by atoms with Crippen LogP contribution >= 0.6 is 0 Å². The molecule has 1 saturated heterocycles. The Hall–Kier alpha value is -0.0400. The Labute approximate surface area is 45.1 Å². The molecule has 1 atom stereocenters. The smallest absolute Gasteiger partial charge is 0.00676 e. The zero-order chi connectivity index (χ0) is 5.11. The molecule has 1 rings (SSSR count). The van der Waals surface area contributed by atoms with Gasteiger partial charge in [0.2, 0.25) is 0 Å². The number of hydrogen-bond acceptors (Lipinski definition) is 1. The molecule has 0 aromatic rings. The Kier molecular flexibility index (Phi) is 1.69. The average molecular weight is 98.2 g/mol. The van der Waals surface area contributed by atoms with E-state index in [2.05, 4.69) is 12.2 Å². The van der Waals surface area contributed by atoms with E-state index in [0.29, 0.717) is 6.04 Å². The van der Waals surface area contributed by atoms with E-state index in [4.69, 9.17) is 0 Å². The lowest BCUT2D eigenvalue weighted by atomic mass is 10.1. The van der Waals surface area contributed by atoms with Gasteiger partial charge in [0.15, 0.2) is 0 Å². The van der Waals surface area contributed by atoms with E-state index >= 15 is 0 Å². The maximum atomic E-state index is 3.89. The van der Waals surface area contributed by atoms with Crippen molar-refractivity contribution >= 4 is 0 Å². The van der Waals surface area contributed by atoms with Crippen molar-refractivity contribution in [3.05, 3.63) is 6.92 Å². The Bertz CT molecular complexity index is 46.1. The van der Waals surface area contributed by atoms with E-state index in [1.165, 1.54) is 25.8 Å². The lowest BCUT2D eigenvalue weighted by Gasteiger charge is -2.18. The van der Waals surface area contributed by atoms with Crippen molar-refractivity contribution in [2.75, 3.05) is 6.54 Å². The van der Waals surface area contributed by atoms with Gasteiger partial charge in [0.25, 0.3) is 0 Å². The molecule has 1 nitrogen and oxygen atoms in total. The standard InChI is InChI=1S/C6H12N/c1-6-4-2-3-5-7-6/h6-7H,1-5H2. The summed E-state index contributed by atoms with van der Waals surface area (Å²) in [6, 6.07) is 0.536. The maximum absolute atomic E-state index is 3.89. The largest absolute Gasteiger partial charge is 0.314 e. The molecule has 0 spiro atoms. The summed E-state index contributed by atoms with van der Waals surface area (Å²) in [6.07, 6.45) is 3.97. The Morgan fingerprint density at radius 3 is 2.57 bits per heavy atom. The molecule has 1 aliphatic rings. The lowest BCUT2D eigenvalue weighted by Crippen LogP contribution is -2.31. The van der Waals surface area contributed by atoms with Crippen molar-refractivity contribution in [3.8, 4) is 0 Å². The molecule has 1 N–H and O–H groups in total. The fraction of sp³-hybridized carbons (Fsp3) is 0.833. The normalized spacial score (nSPS) is 33.0. The van der Waals surface area contributed by atoms with Crippen LogP contribution in [0.4, 0.5) is 0 Å². The van der Waals surface area contributed by atoms with Crippen LogP contribution in [0, 0.1) is 6.92 Å². The highest BCUT2D eigenvalue weighted by atomic mass is 14.9. The van der Waals surface area contributed by atoms with Gasteiger partial charge in [-0.15, -0.1) is 0 Å². The number of rotatable bonds is 0. The molecule has 7 heavy (non-hydrogen) atoms. The maximum Gasteiger partial charge on any atom is 0.00676 e. The SMILES string of the molecule is [CH2]C1CCCCN1. The second-order valence-electron chi connectivity index (χ2n) is 2.15. The number of hydrogen-bond donors (Lipinski definition) is 1. The van der Waals surface area contributed by atoms with Crippen molar-refractivity contribution in [1.29, 1.82) is 0 Å². The first-order valence-electron chi connectivity index (χ1n) is 2.96. The highest BCUT2D eigenvalue weighted by molar-refractivity contribution is 4.72. The zero-order valence-electron chi connectivity index (χ0n) is 4.61. The predicted molar refractivity (Wildman–Crippen MR) is 31.0 cm³/mol. The molecule has 0 aromatic heterocycles. The van der Waals surface area contributed by atoms with Crippen LogP contribution in [0.5, 0.6) is 0 Å². The summed E-state index contributed by atoms with van der Waals surface area (Å²) >= 11 is 0. The van der Waals surface area contributed by atoms with Crippen LogP contribution in [0.15, 0.2) is 0 Å². The van der Waals surface area contributed by atoms with E-state index in [0.717, 1.165) is 0 Å². The van der Waals surface area contributed by atoms with Crippen molar-refractivity contribution in [2.45, 2.75) is 25.3 Å². The quantitative estimate of drug-likeness (QED) is 0.476. The van der Waals surface area contributed by atoms with Crippen molar-refractivity contribution in [2.24, 2.45) is 0 Å². The highest BCUT2D eigenvalue weighted by Gasteiger charge is 2.04. The van der Waals surface area contributed by atoms with E-state index in [1.807, 2.05) is 0 Å². The minimum atomic E-state index is 0.536. The highest BCUT2D eigenvalue weighted by Crippen LogP contribution is 2.04. The Morgan fingerprint density at radius 1 is 1.43 bits per heavy atom. The van der Waals surface area contributed by atoms with Gasteiger partial charge in [-0.25, -0.2) is 0 Å². The van der Waals surface area contributed by atoms with Gasteiger partial charge in [-0.3, -0.25) is 0 Å². The van der Waals surface area contributed by atoms with E-state index in [9.17, 15) is 0 Å². The first-order chi connectivity index (χ1) is 3.39. The van der Waals surface area contributed by atoms with Gasteiger partial charge in [-0.2, -0.15) is 0 Å². The summed E-state index contributed by atoms with van der Waals surface area (Å²) in [7, 11) is 0. The van der Waals surface area contributed by atoms with Crippen LogP contribution in [0.25, 0.3) is 0 Å². The summed E-state index contributed by atoms with van der Waals surface area (Å²) in [5.74, 6) is 0. The minimum Gasteiger partial charge on any atom is -0.314 e. The molecule has 0 aliphatic carbocycles. The van der Waals surface area contributed by atoms with Gasteiger partial charge in [-0.1, -0.05) is 6.42 Å². The molecule has 0 saturated carbocycles. The van der Waals surface area contributed by atoms with Crippen LogP contribution in [-0.4, -0.2) is 12.6 Å². The third-order valence-electron chi connectivity index (χ3n) is 1.41. The molecule has 1 fully saturated rings. The molecule has 1 heteroatoms. The molecule has 0 aromatic carbocycles. The first kappa shape index (κ1) is 5.10. The third kappa shape index (κ3) is 1.48. The number of nitrogens with one attached hydrogen (secondary N) is 1. The van der Waals surface area contributed by atoms with E-state index < -0.39 is 0 Å². The predicted octanol–water partition coefficient (Wildman–Crippen LogP) is 0.963. The molecule has 1 unspecified atom stereocenters. The lowest BCUT2D eigenvalue weighted by molar-refractivity contribution is 0.452. The van der Waals surface area contributed by atoms with Gasteiger partial charge in [-0.05, 0) is 26.3 Å². The van der Waals surface area contributed by atoms with E-state index in [1.54, 1.807) is 0 Å². The monoisotopic (exact) mass is 98.1 g/mol. The Balaban J connectivity index is 2.12. The molecule has 1 radical (unpaired) electrons. The van der Waals surface area contributed by atoms with Crippen LogP contribution in [0.1, 0.15) is 19.3 Å². The fourth-order valence-electron chi connectivity index (χ4n) is 0.924. The zero-order valence-corrected chi connectivity index (χ0v) is 4.61. The summed E-state index contributed by atoms with van der Waals surface area (Å²) in [4.78, 5) is 0. The molecule has 0 amide bonds. The molecule has 1 heterocycles. The summed E-state index contributed by atoms with van der Waals surface area (Å²) < 4.78 is 0. The minimum absolute atomic E-state index is 0.536. The van der Waals surface area contributed by atoms with Crippen LogP contribution < -0.4 is 5.32 Å². The molecular formula is C6H12N. The van der Waals surface area contributed by atoms with Gasteiger partial charge < -0.3 is 5.32 Å². The third-order valence-corrected chi connectivity index (χ3v) is 1.41. The summed E-state index contributed by atoms with van der Waals surface area (Å²) in [5.41, 5.74) is 0. The summed E-state index contributed by atoms with van der Waals surface area (Å²) in [5, 5.41) is 3.27. The average Bonchev–Trinajstić information content (AvgIpc) is 1.69. The topological polar surface area (TPSA) is 12.0 Å². The second kappa shape index (κ2) is 2.31. The second-order valence-corrected chi connectivity index (χ2v) is 2.15. The molecular weight excluding hydrogens is 86.1 g/mol. The fourth-order valence-corrected chi connectivity index (χ4v) is 0.924. The van der Waals surface area contributed by atoms with Crippen LogP contribution in [0.2, 0.25) is 0 Å². The number of piperidine rings is 1. The van der Waals surface area contributed by atoms with Crippen molar-refractivity contribution < 1.29 is 0 Å². The van der Waals surface area contributed by atoms with Crippen LogP contribution in [-0.2, 0) is 0 Å². The first-order valence-corrected chi connectivity index (χ1v) is 2.96. The molecule has 41 valence electrons. The summed E-state index contributed by atoms with van der Waals surface area (Å²) in [6.45, 7) is 5.06. The van der Waals surface area contributed by atoms with Gasteiger partial charge >= 0.3 is 0 Å². The Morgan fingerprint density at radius 2 is 2.29 bits per heavy atom. The van der Waals surface area contributed by atoms with Gasteiger partial charge in [0.05, 0.1) is 0 Å². The molecule has 1 aliphatic heterocycles. The van der Waals surface area contributed by atoms with Crippen molar-refractivity contribution in [1.82, 2.24) is 5.32 Å². The van der Waals surface area contributed by atoms with Crippen LogP contribution in [0.3, 0.4) is 0 Å². The van der Waals surface area contributed by atoms with Gasteiger partial charge in [0.1, 0.15) is 0 Å². The van der Waals surface area contributed by atoms with Gasteiger partial charge in [0, 0.05) is 6.04 Å². The van der Waals surface area contributed by atoms with E-state index in [-0.39, 0.29) is 0 Å². The molecule has 0 bridgehead atoms.